The molecule has 0 saturated heterocycles. The van der Waals surface area contributed by atoms with E-state index in [1.807, 2.05) is 21.1 Å². The molecule has 2 unspecified atom stereocenters. The second-order valence-electron chi connectivity index (χ2n) is 27.0. The number of likely N-dealkylation sites (N-methyl/N-ethyl adjacent to an activating group) is 1. The van der Waals surface area contributed by atoms with E-state index in [1.165, 1.54) is 148 Å². The Bertz CT molecular complexity index is 2320. The molecule has 1 N–H and O–H groups in total. The zero-order valence-electron chi connectivity index (χ0n) is 63.5. The number of phosphoric acid groups is 1. The Morgan fingerprint density at radius 1 is 0.316 bits per heavy atom. The first-order valence-corrected chi connectivity index (χ1v) is 41.0. The predicted molar refractivity (Wildman–Crippen MR) is 426 cm³/mol. The van der Waals surface area contributed by atoms with Crippen molar-refractivity contribution in [2.75, 3.05) is 47.5 Å². The lowest BCUT2D eigenvalue weighted by atomic mass is 10.0. The van der Waals surface area contributed by atoms with E-state index in [1.54, 1.807) is 0 Å². The first-order valence-electron chi connectivity index (χ1n) is 39.5. The summed E-state index contributed by atoms with van der Waals surface area (Å²) in [6.45, 7) is 4.16. The average Bonchev–Trinajstić information content (AvgIpc) is 1.08. The topological polar surface area (TPSA) is 108 Å². The fourth-order valence-electron chi connectivity index (χ4n) is 10.5. The summed E-state index contributed by atoms with van der Waals surface area (Å²) in [5.41, 5.74) is 0. The number of phosphoric ester groups is 1. The fourth-order valence-corrected chi connectivity index (χ4v) is 11.2. The molecule has 2 atom stereocenters. The van der Waals surface area contributed by atoms with E-state index in [2.05, 4.69) is 196 Å². The number of hydrogen-bond donors (Lipinski definition) is 1. The van der Waals surface area contributed by atoms with Crippen LogP contribution >= 0.6 is 7.82 Å². The van der Waals surface area contributed by atoms with Crippen LogP contribution in [0, 0.1) is 0 Å². The van der Waals surface area contributed by atoms with Crippen molar-refractivity contribution in [1.29, 1.82) is 0 Å². The number of allylic oxidation sites excluding steroid dienone is 30. The van der Waals surface area contributed by atoms with Crippen LogP contribution in [0.4, 0.5) is 0 Å². The van der Waals surface area contributed by atoms with Gasteiger partial charge in [-0.05, 0) is 135 Å². The molecule has 0 aliphatic heterocycles. The minimum Gasteiger partial charge on any atom is -0.462 e. The van der Waals surface area contributed by atoms with Crippen LogP contribution in [-0.4, -0.2) is 74.9 Å². The summed E-state index contributed by atoms with van der Waals surface area (Å²) in [6, 6.07) is 0. The van der Waals surface area contributed by atoms with E-state index in [0.29, 0.717) is 17.4 Å². The molecule has 0 amide bonds. The van der Waals surface area contributed by atoms with Gasteiger partial charge in [-0.2, -0.15) is 0 Å². The molecule has 0 aliphatic carbocycles. The van der Waals surface area contributed by atoms with Crippen molar-refractivity contribution >= 4 is 19.8 Å². The van der Waals surface area contributed by atoms with E-state index in [-0.39, 0.29) is 32.0 Å². The highest BCUT2D eigenvalue weighted by Gasteiger charge is 2.27. The molecular weight excluding hydrogens is 1230 g/mol. The third kappa shape index (κ3) is 80.1. The summed E-state index contributed by atoms with van der Waals surface area (Å²) in [5.74, 6) is -0.850. The molecular formula is C88H147NO8P+. The average molecular weight is 1380 g/mol. The first kappa shape index (κ1) is 93.1. The van der Waals surface area contributed by atoms with Crippen LogP contribution in [0.15, 0.2) is 182 Å². The van der Waals surface area contributed by atoms with Crippen LogP contribution in [0.2, 0.25) is 0 Å². The van der Waals surface area contributed by atoms with Gasteiger partial charge in [0, 0.05) is 12.8 Å². The number of ether oxygens (including phenoxy) is 2. The first-order chi connectivity index (χ1) is 48.0. The zero-order chi connectivity index (χ0) is 71.1. The van der Waals surface area contributed by atoms with Gasteiger partial charge >= 0.3 is 19.8 Å². The van der Waals surface area contributed by atoms with E-state index >= 15 is 0 Å². The van der Waals surface area contributed by atoms with Crippen molar-refractivity contribution in [2.24, 2.45) is 0 Å². The number of rotatable bonds is 71. The van der Waals surface area contributed by atoms with Crippen LogP contribution in [0.25, 0.3) is 0 Å². The van der Waals surface area contributed by atoms with Crippen molar-refractivity contribution in [3.05, 3.63) is 182 Å². The van der Waals surface area contributed by atoms with Crippen LogP contribution in [0.3, 0.4) is 0 Å². The highest BCUT2D eigenvalue weighted by Crippen LogP contribution is 2.43. The molecule has 556 valence electrons. The molecule has 0 aliphatic rings. The quantitative estimate of drug-likeness (QED) is 0.0211. The van der Waals surface area contributed by atoms with E-state index in [0.717, 1.165) is 128 Å². The van der Waals surface area contributed by atoms with Crippen molar-refractivity contribution < 1.29 is 42.1 Å². The Balaban J connectivity index is 4.05. The number of unbranched alkanes of at least 4 members (excludes halogenated alkanes) is 27. The van der Waals surface area contributed by atoms with Crippen LogP contribution in [-0.2, 0) is 32.7 Å². The summed E-state index contributed by atoms with van der Waals surface area (Å²) < 4.78 is 34.7. The van der Waals surface area contributed by atoms with Gasteiger partial charge in [-0.3, -0.25) is 18.6 Å². The summed E-state index contributed by atoms with van der Waals surface area (Å²) in [5, 5.41) is 0. The summed E-state index contributed by atoms with van der Waals surface area (Å²) in [4.78, 5) is 35.9. The van der Waals surface area contributed by atoms with Crippen molar-refractivity contribution in [3.63, 3.8) is 0 Å². The van der Waals surface area contributed by atoms with E-state index < -0.39 is 26.5 Å². The molecule has 9 nitrogen and oxygen atoms in total. The van der Waals surface area contributed by atoms with Gasteiger partial charge in [0.2, 0.25) is 0 Å². The molecule has 0 radical (unpaired) electrons. The normalized spacial score (nSPS) is 14.1. The maximum absolute atomic E-state index is 12.9. The molecule has 10 heteroatoms. The third-order valence-corrected chi connectivity index (χ3v) is 17.4. The molecule has 0 bridgehead atoms. The van der Waals surface area contributed by atoms with E-state index in [4.69, 9.17) is 18.5 Å². The number of nitrogens with zero attached hydrogens (tertiary/aromatic N) is 1. The van der Waals surface area contributed by atoms with Crippen LogP contribution in [0.5, 0.6) is 0 Å². The molecule has 0 aromatic rings. The Hall–Kier alpha value is -4.89. The second kappa shape index (κ2) is 76.3. The summed E-state index contributed by atoms with van der Waals surface area (Å²) in [6.07, 6.45) is 118. The van der Waals surface area contributed by atoms with Gasteiger partial charge < -0.3 is 18.9 Å². The Kier molecular flexibility index (Phi) is 72.5. The monoisotopic (exact) mass is 1380 g/mol. The van der Waals surface area contributed by atoms with Gasteiger partial charge in [0.15, 0.2) is 6.10 Å². The standard InChI is InChI=1S/C88H146NO8P/c1-6-8-10-12-14-16-18-20-22-24-26-28-30-32-34-36-38-40-41-42-43-44-45-46-47-49-50-52-54-56-58-60-62-64-66-68-70-72-74-76-78-80-87(90)94-84-86(85-96-98(92,93)95-83-82-89(3,4)5)97-88(91)81-79-77-75-73-71-69-67-65-63-61-59-57-55-53-51-48-39-37-35-33-31-29-27-25-23-21-19-17-15-13-11-9-7-2/h8-11,14-17,20-23,26-29,32-35,39,48,53,55,59,61,65,67,71,73,86H,6-7,12-13,18-19,24-25,30-31,36-38,40-47,49-52,54,56-58,60,62-64,66,68-70,72,74-85H2,1-5H3/p+1/b10-8-,11-9-,16-14-,17-15-,22-20-,23-21-,28-26-,29-27-,34-32-,35-33-,48-39-,55-53-,61-59-,67-65-,73-71-. The van der Waals surface area contributed by atoms with Crippen LogP contribution in [0.1, 0.15) is 309 Å². The van der Waals surface area contributed by atoms with Crippen LogP contribution < -0.4 is 0 Å². The number of esters is 2. The molecule has 0 fully saturated rings. The van der Waals surface area contributed by atoms with E-state index in [9.17, 15) is 19.0 Å². The highest BCUT2D eigenvalue weighted by atomic mass is 31.2. The molecule has 0 spiro atoms. The number of carbonyl (C=O) groups excluding carboxylic acids is 2. The summed E-state index contributed by atoms with van der Waals surface area (Å²) >= 11 is 0. The minimum absolute atomic E-state index is 0.0155. The Labute approximate surface area is 603 Å². The van der Waals surface area contributed by atoms with Gasteiger partial charge in [-0.25, -0.2) is 4.57 Å². The molecule has 0 rings (SSSR count). The summed E-state index contributed by atoms with van der Waals surface area (Å²) in [7, 11) is 1.43. The smallest absolute Gasteiger partial charge is 0.462 e. The number of hydrogen-bond acceptors (Lipinski definition) is 7. The van der Waals surface area contributed by atoms with Gasteiger partial charge in [0.1, 0.15) is 19.8 Å². The largest absolute Gasteiger partial charge is 0.472 e. The van der Waals surface area contributed by atoms with Gasteiger partial charge in [0.25, 0.3) is 0 Å². The maximum Gasteiger partial charge on any atom is 0.472 e. The zero-order valence-corrected chi connectivity index (χ0v) is 64.3. The second-order valence-corrected chi connectivity index (χ2v) is 28.4. The number of carbonyl (C=O) groups is 2. The molecule has 0 saturated carbocycles. The molecule has 0 aromatic carbocycles. The molecule has 0 aromatic heterocycles. The van der Waals surface area contributed by atoms with Gasteiger partial charge in [-0.15, -0.1) is 0 Å². The lowest BCUT2D eigenvalue weighted by Crippen LogP contribution is -2.37. The Morgan fingerprint density at radius 2 is 0.551 bits per heavy atom. The van der Waals surface area contributed by atoms with Crippen molar-refractivity contribution in [1.82, 2.24) is 0 Å². The lowest BCUT2D eigenvalue weighted by molar-refractivity contribution is -0.870. The maximum atomic E-state index is 12.9. The van der Waals surface area contributed by atoms with Gasteiger partial charge in [-0.1, -0.05) is 344 Å². The predicted octanol–water partition coefficient (Wildman–Crippen LogP) is 26.6. The molecule has 98 heavy (non-hydrogen) atoms. The highest BCUT2D eigenvalue weighted by molar-refractivity contribution is 7.47. The van der Waals surface area contributed by atoms with Gasteiger partial charge in [0.05, 0.1) is 27.7 Å². The minimum atomic E-state index is -4.42. The Morgan fingerprint density at radius 3 is 0.837 bits per heavy atom. The molecule has 0 heterocycles. The fraction of sp³-hybridized carbons (Fsp3) is 0.636. The number of quaternary nitrogens is 1. The third-order valence-electron chi connectivity index (χ3n) is 16.4. The SMILES string of the molecule is CC/C=C\C/C=C\C/C=C\C/C=C\C/C=C\C/C=C\C/C=C\C/C=C\C/C=C\C/C=C\CCCCC(=O)OC(COC(=O)CCCCCCCCCCCCCCCCCCCCCCCCCCC/C=C\C/C=C\C/C=C\C/C=C\C/C=C\CC)COP(=O)(O)OCC[N+](C)(C)C. The lowest BCUT2D eigenvalue weighted by Gasteiger charge is -2.24. The van der Waals surface area contributed by atoms with Crippen molar-refractivity contribution in [3.8, 4) is 0 Å². The van der Waals surface area contributed by atoms with Crippen molar-refractivity contribution in [2.45, 2.75) is 315 Å².